The van der Waals surface area contributed by atoms with E-state index >= 15 is 0 Å². The normalized spacial score (nSPS) is 11.2. The van der Waals surface area contributed by atoms with Crippen LogP contribution in [0.1, 0.15) is 11.1 Å². The predicted octanol–water partition coefficient (Wildman–Crippen LogP) is 3.99. The molecule has 0 heterocycles. The average Bonchev–Trinajstić information content (AvgIpc) is 2.59. The molecule has 0 fully saturated rings. The molecule has 0 aliphatic carbocycles. The molecule has 126 valence electrons. The molecule has 0 aromatic heterocycles. The van der Waals surface area contributed by atoms with Crippen LogP contribution in [0.5, 0.6) is 5.75 Å². The summed E-state index contributed by atoms with van der Waals surface area (Å²) in [4.78, 5) is 17.1. The van der Waals surface area contributed by atoms with Gasteiger partial charge in [0.2, 0.25) is 0 Å². The summed E-state index contributed by atoms with van der Waals surface area (Å²) in [5, 5.41) is 13.6. The van der Waals surface area contributed by atoms with Crippen LogP contribution in [0.25, 0.3) is 0 Å². The van der Waals surface area contributed by atoms with Crippen LogP contribution >= 0.6 is 23.2 Å². The Bertz CT molecular complexity index is 725. The minimum absolute atomic E-state index is 0.0613. The van der Waals surface area contributed by atoms with Crippen LogP contribution in [0, 0.1) is 0 Å². The first kappa shape index (κ1) is 18.1. The molecule has 0 saturated carbocycles. The van der Waals surface area contributed by atoms with Crippen molar-refractivity contribution in [2.24, 2.45) is 5.16 Å². The fourth-order valence-corrected chi connectivity index (χ4v) is 2.46. The van der Waals surface area contributed by atoms with Crippen molar-refractivity contribution in [2.75, 3.05) is 7.11 Å². The smallest absolute Gasteiger partial charge is 0.356 e. The lowest BCUT2D eigenvalue weighted by molar-refractivity contribution is -0.133. The summed E-state index contributed by atoms with van der Waals surface area (Å²) in [5.41, 5.74) is 1.57. The fraction of sp³-hybridized carbons (Fsp3) is 0.176. The first-order valence-corrected chi connectivity index (χ1v) is 7.74. The molecule has 2 aromatic carbocycles. The second kappa shape index (κ2) is 8.57. The van der Waals surface area contributed by atoms with Crippen LogP contribution in [0.15, 0.2) is 47.6 Å². The van der Waals surface area contributed by atoms with Gasteiger partial charge < -0.3 is 14.7 Å². The van der Waals surface area contributed by atoms with Gasteiger partial charge in [0.25, 0.3) is 0 Å². The Morgan fingerprint density at radius 1 is 1.12 bits per heavy atom. The lowest BCUT2D eigenvalue weighted by Crippen LogP contribution is -2.19. The van der Waals surface area contributed by atoms with Crippen LogP contribution in [0.4, 0.5) is 0 Å². The summed E-state index contributed by atoms with van der Waals surface area (Å²) in [6, 6.07) is 12.4. The number of halogens is 2. The number of phenolic OH excluding ortho intramolecular Hbond substituents is 1. The highest BCUT2D eigenvalue weighted by Gasteiger charge is 2.16. The van der Waals surface area contributed by atoms with Crippen molar-refractivity contribution >= 4 is 34.9 Å². The highest BCUT2D eigenvalue weighted by molar-refractivity contribution is 6.38. The van der Waals surface area contributed by atoms with Gasteiger partial charge in [0.15, 0.2) is 11.5 Å². The SMILES string of the molecule is COC(=O)C(Cc1cc(Cl)c(O)c(Cl)c1)=NOCc1ccccc1. The molecule has 0 unspecified atom stereocenters. The van der Waals surface area contributed by atoms with E-state index in [0.29, 0.717) is 5.56 Å². The van der Waals surface area contributed by atoms with E-state index in [1.165, 1.54) is 19.2 Å². The summed E-state index contributed by atoms with van der Waals surface area (Å²) in [5.74, 6) is -0.831. The lowest BCUT2D eigenvalue weighted by atomic mass is 10.1. The summed E-state index contributed by atoms with van der Waals surface area (Å²) in [6.07, 6.45) is 0.0984. The average molecular weight is 368 g/mol. The first-order chi connectivity index (χ1) is 11.5. The van der Waals surface area contributed by atoms with E-state index in [1.54, 1.807) is 0 Å². The number of nitrogens with zero attached hydrogens (tertiary/aromatic N) is 1. The number of benzene rings is 2. The topological polar surface area (TPSA) is 68.1 Å². The third-order valence-electron chi connectivity index (χ3n) is 3.12. The quantitative estimate of drug-likeness (QED) is 0.476. The van der Waals surface area contributed by atoms with Crippen molar-refractivity contribution in [3.8, 4) is 5.75 Å². The largest absolute Gasteiger partial charge is 0.505 e. The van der Waals surface area contributed by atoms with Crippen LogP contribution < -0.4 is 0 Å². The number of hydrogen-bond donors (Lipinski definition) is 1. The molecular weight excluding hydrogens is 353 g/mol. The van der Waals surface area contributed by atoms with Crippen molar-refractivity contribution in [3.63, 3.8) is 0 Å². The third-order valence-corrected chi connectivity index (χ3v) is 3.69. The van der Waals surface area contributed by atoms with E-state index in [1.807, 2.05) is 30.3 Å². The molecule has 2 aromatic rings. The number of aromatic hydroxyl groups is 1. The maximum atomic E-state index is 11.8. The van der Waals surface area contributed by atoms with Gasteiger partial charge >= 0.3 is 5.97 Å². The molecule has 0 aliphatic rings. The molecule has 0 saturated heterocycles. The Kier molecular flexibility index (Phi) is 6.46. The lowest BCUT2D eigenvalue weighted by Gasteiger charge is -2.08. The maximum Gasteiger partial charge on any atom is 0.356 e. The Morgan fingerprint density at radius 2 is 1.75 bits per heavy atom. The van der Waals surface area contributed by atoms with Gasteiger partial charge in [-0.05, 0) is 23.3 Å². The monoisotopic (exact) mass is 367 g/mol. The molecule has 24 heavy (non-hydrogen) atoms. The van der Waals surface area contributed by atoms with Crippen molar-refractivity contribution in [1.29, 1.82) is 0 Å². The van der Waals surface area contributed by atoms with Crippen molar-refractivity contribution in [1.82, 2.24) is 0 Å². The zero-order valence-corrected chi connectivity index (χ0v) is 14.3. The number of carbonyl (C=O) groups excluding carboxylic acids is 1. The van der Waals surface area contributed by atoms with E-state index in [9.17, 15) is 9.90 Å². The minimum Gasteiger partial charge on any atom is -0.505 e. The second-order valence-corrected chi connectivity index (χ2v) is 5.69. The van der Waals surface area contributed by atoms with Crippen molar-refractivity contribution < 1.29 is 19.5 Å². The Labute approximate surface area is 149 Å². The standard InChI is InChI=1S/C17H15Cl2NO4/c1-23-17(22)15(20-24-10-11-5-3-2-4-6-11)9-12-7-13(18)16(21)14(19)8-12/h2-8,21H,9-10H2,1H3. The number of rotatable bonds is 6. The zero-order valence-electron chi connectivity index (χ0n) is 12.8. The van der Waals surface area contributed by atoms with Crippen LogP contribution in [0.2, 0.25) is 10.0 Å². The number of esters is 1. The highest BCUT2D eigenvalue weighted by atomic mass is 35.5. The van der Waals surface area contributed by atoms with E-state index < -0.39 is 5.97 Å². The zero-order chi connectivity index (χ0) is 17.5. The van der Waals surface area contributed by atoms with Crippen molar-refractivity contribution in [3.05, 3.63) is 63.6 Å². The number of methoxy groups -OCH3 is 1. The number of phenols is 1. The molecular formula is C17H15Cl2NO4. The van der Waals surface area contributed by atoms with E-state index in [2.05, 4.69) is 5.16 Å². The van der Waals surface area contributed by atoms with E-state index in [4.69, 9.17) is 32.8 Å². The molecule has 5 nitrogen and oxygen atoms in total. The Hall–Kier alpha value is -2.24. The minimum atomic E-state index is -0.622. The van der Waals surface area contributed by atoms with Crippen LogP contribution in [0.3, 0.4) is 0 Å². The van der Waals surface area contributed by atoms with Gasteiger partial charge in [0, 0.05) is 6.42 Å². The van der Waals surface area contributed by atoms with Gasteiger partial charge in [-0.15, -0.1) is 0 Å². The highest BCUT2D eigenvalue weighted by Crippen LogP contribution is 2.32. The molecule has 1 N–H and O–H groups in total. The second-order valence-electron chi connectivity index (χ2n) is 4.87. The Morgan fingerprint density at radius 3 is 2.33 bits per heavy atom. The molecule has 0 atom stereocenters. The Balaban J connectivity index is 2.13. The van der Waals surface area contributed by atoms with Crippen LogP contribution in [-0.4, -0.2) is 23.9 Å². The molecule has 0 amide bonds. The van der Waals surface area contributed by atoms with Gasteiger partial charge in [0.1, 0.15) is 6.61 Å². The fourth-order valence-electron chi connectivity index (χ4n) is 1.93. The number of hydrogen-bond acceptors (Lipinski definition) is 5. The number of oxime groups is 1. The van der Waals surface area contributed by atoms with Crippen molar-refractivity contribution in [2.45, 2.75) is 13.0 Å². The summed E-state index contributed by atoms with van der Waals surface area (Å²) < 4.78 is 4.71. The van der Waals surface area contributed by atoms with Gasteiger partial charge in [-0.25, -0.2) is 4.79 Å². The summed E-state index contributed by atoms with van der Waals surface area (Å²) >= 11 is 11.8. The van der Waals surface area contributed by atoms with Gasteiger partial charge in [-0.2, -0.15) is 0 Å². The molecule has 0 bridgehead atoms. The molecule has 0 radical (unpaired) electrons. The van der Waals surface area contributed by atoms with Gasteiger partial charge in [0.05, 0.1) is 17.2 Å². The van der Waals surface area contributed by atoms with E-state index in [0.717, 1.165) is 5.56 Å². The van der Waals surface area contributed by atoms with Gasteiger partial charge in [-0.3, -0.25) is 0 Å². The third kappa shape index (κ3) is 4.88. The van der Waals surface area contributed by atoms with Gasteiger partial charge in [-0.1, -0.05) is 58.7 Å². The first-order valence-electron chi connectivity index (χ1n) is 6.99. The number of carbonyl (C=O) groups is 1. The molecule has 0 spiro atoms. The summed E-state index contributed by atoms with van der Waals surface area (Å²) in [7, 11) is 1.26. The van der Waals surface area contributed by atoms with Crippen LogP contribution in [-0.2, 0) is 27.4 Å². The predicted molar refractivity (Wildman–Crippen MR) is 92.5 cm³/mol. The summed E-state index contributed by atoms with van der Waals surface area (Å²) in [6.45, 7) is 0.221. The maximum absolute atomic E-state index is 11.8. The molecule has 7 heteroatoms. The number of ether oxygens (including phenoxy) is 1. The molecule has 2 rings (SSSR count). The molecule has 0 aliphatic heterocycles. The van der Waals surface area contributed by atoms with E-state index in [-0.39, 0.29) is 34.5 Å².